The molecule has 0 amide bonds. The molecule has 1 aliphatic rings. The summed E-state index contributed by atoms with van der Waals surface area (Å²) < 4.78 is 5.24. The van der Waals surface area contributed by atoms with Gasteiger partial charge >= 0.3 is 0 Å². The van der Waals surface area contributed by atoms with Gasteiger partial charge in [0, 0.05) is 6.42 Å². The van der Waals surface area contributed by atoms with Gasteiger partial charge in [0.2, 0.25) is 0 Å². The van der Waals surface area contributed by atoms with Gasteiger partial charge in [-0.15, -0.1) is 0 Å². The summed E-state index contributed by atoms with van der Waals surface area (Å²) in [7, 11) is 0. The van der Waals surface area contributed by atoms with E-state index in [9.17, 15) is 4.79 Å². The van der Waals surface area contributed by atoms with Crippen LogP contribution in [0.25, 0.3) is 0 Å². The Balaban J connectivity index is 2.34. The van der Waals surface area contributed by atoms with Gasteiger partial charge in [-0.2, -0.15) is 0 Å². The molecular weight excluding hydrogens is 188 g/mol. The van der Waals surface area contributed by atoms with E-state index in [-0.39, 0.29) is 11.2 Å². The number of rotatable bonds is 3. The lowest BCUT2D eigenvalue weighted by Crippen LogP contribution is -2.11. The van der Waals surface area contributed by atoms with E-state index in [1.807, 2.05) is 6.08 Å². The molecule has 1 aliphatic heterocycles. The molecular formula is C13H22O2. The summed E-state index contributed by atoms with van der Waals surface area (Å²) in [5.41, 5.74) is 1.52. The van der Waals surface area contributed by atoms with Gasteiger partial charge in [-0.3, -0.25) is 4.79 Å². The molecule has 0 spiro atoms. The predicted octanol–water partition coefficient (Wildman–Crippen LogP) is 3.12. The van der Waals surface area contributed by atoms with Gasteiger partial charge in [-0.25, -0.2) is 0 Å². The molecule has 1 saturated heterocycles. The van der Waals surface area contributed by atoms with Crippen molar-refractivity contribution in [2.75, 3.05) is 13.2 Å². The third kappa shape index (κ3) is 5.73. The summed E-state index contributed by atoms with van der Waals surface area (Å²) >= 11 is 0. The highest BCUT2D eigenvalue weighted by atomic mass is 16.5. The number of carbonyl (C=O) groups excluding carboxylic acids is 1. The van der Waals surface area contributed by atoms with E-state index in [1.165, 1.54) is 5.57 Å². The van der Waals surface area contributed by atoms with Crippen LogP contribution in [-0.2, 0) is 9.53 Å². The molecule has 0 bridgehead atoms. The van der Waals surface area contributed by atoms with Crippen LogP contribution in [0.15, 0.2) is 11.6 Å². The fourth-order valence-corrected chi connectivity index (χ4v) is 1.58. The molecule has 86 valence electrons. The van der Waals surface area contributed by atoms with Crippen LogP contribution < -0.4 is 0 Å². The lowest BCUT2D eigenvalue weighted by molar-refractivity contribution is -0.115. The highest BCUT2D eigenvalue weighted by molar-refractivity contribution is 5.90. The van der Waals surface area contributed by atoms with Crippen LogP contribution in [0.2, 0.25) is 0 Å². The fourth-order valence-electron chi connectivity index (χ4n) is 1.58. The minimum absolute atomic E-state index is 0.254. The predicted molar refractivity (Wildman–Crippen MR) is 61.8 cm³/mol. The lowest BCUT2D eigenvalue weighted by atomic mass is 9.89. The first-order chi connectivity index (χ1) is 6.97. The topological polar surface area (TPSA) is 26.3 Å². The first-order valence-electron chi connectivity index (χ1n) is 5.77. The van der Waals surface area contributed by atoms with Crippen LogP contribution in [0.5, 0.6) is 0 Å². The quantitative estimate of drug-likeness (QED) is 0.669. The van der Waals surface area contributed by atoms with Gasteiger partial charge in [0.25, 0.3) is 0 Å². The summed E-state index contributed by atoms with van der Waals surface area (Å²) in [6.07, 6.45) is 5.34. The zero-order valence-electron chi connectivity index (χ0n) is 10.1. The molecule has 0 N–H and O–H groups in total. The van der Waals surface area contributed by atoms with Crippen LogP contribution in [0.4, 0.5) is 0 Å². The standard InChI is InChI=1S/C13H22O2/c1-13(2,3)7-4-12(14)10-11-5-8-15-9-6-11/h10H,4-9H2,1-3H3. The Hall–Kier alpha value is -0.630. The van der Waals surface area contributed by atoms with Crippen molar-refractivity contribution in [3.05, 3.63) is 11.6 Å². The lowest BCUT2D eigenvalue weighted by Gasteiger charge is -2.17. The van der Waals surface area contributed by atoms with Gasteiger partial charge in [0.1, 0.15) is 0 Å². The van der Waals surface area contributed by atoms with E-state index in [1.54, 1.807) is 0 Å². The van der Waals surface area contributed by atoms with Crippen LogP contribution in [0, 0.1) is 5.41 Å². The summed E-state index contributed by atoms with van der Waals surface area (Å²) in [5, 5.41) is 0. The average Bonchev–Trinajstić information content (AvgIpc) is 2.15. The maximum absolute atomic E-state index is 11.6. The second kappa shape index (κ2) is 5.45. The highest BCUT2D eigenvalue weighted by Crippen LogP contribution is 2.21. The molecule has 0 unspecified atom stereocenters. The Morgan fingerprint density at radius 3 is 2.47 bits per heavy atom. The molecule has 1 rings (SSSR count). The third-order valence-electron chi connectivity index (χ3n) is 2.62. The van der Waals surface area contributed by atoms with Gasteiger partial charge in [-0.05, 0) is 30.8 Å². The van der Waals surface area contributed by atoms with Gasteiger partial charge in [0.15, 0.2) is 5.78 Å². The monoisotopic (exact) mass is 210 g/mol. The first-order valence-corrected chi connectivity index (χ1v) is 5.77. The largest absolute Gasteiger partial charge is 0.381 e. The van der Waals surface area contributed by atoms with E-state index in [2.05, 4.69) is 20.8 Å². The number of ketones is 1. The molecule has 0 radical (unpaired) electrons. The van der Waals surface area contributed by atoms with E-state index < -0.39 is 0 Å². The van der Waals surface area contributed by atoms with E-state index >= 15 is 0 Å². The number of allylic oxidation sites excluding steroid dienone is 1. The molecule has 0 aliphatic carbocycles. The second-order valence-corrected chi connectivity index (χ2v) is 5.44. The smallest absolute Gasteiger partial charge is 0.155 e. The molecule has 1 heterocycles. The molecule has 0 aromatic carbocycles. The van der Waals surface area contributed by atoms with Crippen molar-refractivity contribution in [1.29, 1.82) is 0 Å². The van der Waals surface area contributed by atoms with Gasteiger partial charge in [0.05, 0.1) is 13.2 Å². The van der Waals surface area contributed by atoms with Crippen LogP contribution >= 0.6 is 0 Å². The summed E-state index contributed by atoms with van der Waals surface area (Å²) in [5.74, 6) is 0.279. The molecule has 15 heavy (non-hydrogen) atoms. The zero-order valence-corrected chi connectivity index (χ0v) is 10.1. The van der Waals surface area contributed by atoms with Crippen LogP contribution in [-0.4, -0.2) is 19.0 Å². The Morgan fingerprint density at radius 2 is 1.93 bits per heavy atom. The number of carbonyl (C=O) groups is 1. The first kappa shape index (κ1) is 12.4. The van der Waals surface area contributed by atoms with Gasteiger partial charge < -0.3 is 4.74 Å². The number of hydrogen-bond acceptors (Lipinski definition) is 2. The maximum atomic E-state index is 11.6. The zero-order chi connectivity index (χ0) is 11.3. The average molecular weight is 210 g/mol. The summed E-state index contributed by atoms with van der Waals surface area (Å²) in [4.78, 5) is 11.6. The molecule has 2 heteroatoms. The van der Waals surface area contributed by atoms with E-state index in [4.69, 9.17) is 4.74 Å². The number of hydrogen-bond donors (Lipinski definition) is 0. The second-order valence-electron chi connectivity index (χ2n) is 5.44. The van der Waals surface area contributed by atoms with E-state index in [0.29, 0.717) is 6.42 Å². The third-order valence-corrected chi connectivity index (χ3v) is 2.62. The van der Waals surface area contributed by atoms with E-state index in [0.717, 1.165) is 32.5 Å². The van der Waals surface area contributed by atoms with Crippen molar-refractivity contribution in [3.63, 3.8) is 0 Å². The summed E-state index contributed by atoms with van der Waals surface area (Å²) in [6, 6.07) is 0. The Labute approximate surface area is 92.7 Å². The minimum Gasteiger partial charge on any atom is -0.381 e. The summed E-state index contributed by atoms with van der Waals surface area (Å²) in [6.45, 7) is 8.06. The van der Waals surface area contributed by atoms with Gasteiger partial charge in [-0.1, -0.05) is 26.3 Å². The van der Waals surface area contributed by atoms with Crippen molar-refractivity contribution in [1.82, 2.24) is 0 Å². The van der Waals surface area contributed by atoms with Crippen LogP contribution in [0.1, 0.15) is 46.5 Å². The molecule has 0 atom stereocenters. The highest BCUT2D eigenvalue weighted by Gasteiger charge is 2.13. The maximum Gasteiger partial charge on any atom is 0.155 e. The minimum atomic E-state index is 0.254. The van der Waals surface area contributed by atoms with Crippen molar-refractivity contribution in [3.8, 4) is 0 Å². The van der Waals surface area contributed by atoms with Crippen LogP contribution in [0.3, 0.4) is 0 Å². The Bertz CT molecular complexity index is 238. The van der Waals surface area contributed by atoms with Crippen molar-refractivity contribution < 1.29 is 9.53 Å². The molecule has 0 saturated carbocycles. The van der Waals surface area contributed by atoms with Crippen molar-refractivity contribution >= 4 is 5.78 Å². The molecule has 0 aromatic heterocycles. The molecule has 1 fully saturated rings. The van der Waals surface area contributed by atoms with Crippen molar-refractivity contribution in [2.45, 2.75) is 46.5 Å². The Morgan fingerprint density at radius 1 is 1.33 bits per heavy atom. The van der Waals surface area contributed by atoms with Crippen molar-refractivity contribution in [2.24, 2.45) is 5.41 Å². The SMILES string of the molecule is CC(C)(C)CCC(=O)C=C1CCOCC1. The fraction of sp³-hybridized carbons (Fsp3) is 0.769. The normalized spacial score (nSPS) is 17.7. The number of ether oxygens (including phenoxy) is 1. The molecule has 2 nitrogen and oxygen atoms in total. The Kier molecular flexibility index (Phi) is 4.52. The molecule has 0 aromatic rings.